The lowest BCUT2D eigenvalue weighted by Crippen LogP contribution is -2.65. The van der Waals surface area contributed by atoms with Crippen LogP contribution in [0.3, 0.4) is 0 Å². The highest BCUT2D eigenvalue weighted by Crippen LogP contribution is 2.59. The summed E-state index contributed by atoms with van der Waals surface area (Å²) in [4.78, 5) is 28.5. The number of nitrogens with zero attached hydrogens (tertiary/aromatic N) is 1. The molecule has 2 heterocycles. The first-order valence-electron chi connectivity index (χ1n) is 15.6. The van der Waals surface area contributed by atoms with E-state index in [2.05, 4.69) is 0 Å². The zero-order chi connectivity index (χ0) is 31.5. The maximum Gasteiger partial charge on any atom is 0.426 e. The molecule has 3 aliphatic carbocycles. The van der Waals surface area contributed by atoms with Gasteiger partial charge in [-0.25, -0.2) is 4.39 Å². The number of aliphatic carboxylic acids is 1. The monoisotopic (exact) mass is 617 g/mol. The molecule has 6 nitrogen and oxygen atoms in total. The SMILES string of the molecule is CCOc1ccc(CC23CCCN(C(=O)C45CCC(C(=O)O)(CC4)CC5)C2COc2cc(C(C)(F)C(F)(F)F)ccc23)cc1. The highest BCUT2D eigenvalue weighted by molar-refractivity contribution is 5.85. The van der Waals surface area contributed by atoms with E-state index in [0.717, 1.165) is 11.3 Å². The van der Waals surface area contributed by atoms with Gasteiger partial charge in [-0.3, -0.25) is 9.59 Å². The summed E-state index contributed by atoms with van der Waals surface area (Å²) in [5.74, 6) is 0.182. The van der Waals surface area contributed by atoms with Crippen molar-refractivity contribution in [1.29, 1.82) is 0 Å². The Labute approximate surface area is 254 Å². The molecule has 2 aliphatic heterocycles. The third-order valence-electron chi connectivity index (χ3n) is 11.2. The van der Waals surface area contributed by atoms with Gasteiger partial charge in [0.05, 0.1) is 18.1 Å². The fourth-order valence-electron chi connectivity index (χ4n) is 8.34. The number of piperidine rings is 1. The lowest BCUT2D eigenvalue weighted by atomic mass is 9.53. The number of benzene rings is 2. The average molecular weight is 618 g/mol. The molecule has 2 bridgehead atoms. The van der Waals surface area contributed by atoms with Crippen LogP contribution in [0.1, 0.15) is 81.9 Å². The Balaban J connectivity index is 1.38. The van der Waals surface area contributed by atoms with Crippen LogP contribution in [0.25, 0.3) is 0 Å². The van der Waals surface area contributed by atoms with Crippen molar-refractivity contribution in [3.63, 3.8) is 0 Å². The number of ether oxygens (including phenoxy) is 2. The Bertz CT molecular complexity index is 1410. The number of likely N-dealkylation sites (tertiary alicyclic amines) is 1. The second-order valence-electron chi connectivity index (χ2n) is 13.4. The molecule has 3 saturated carbocycles. The summed E-state index contributed by atoms with van der Waals surface area (Å²) >= 11 is 0. The quantitative estimate of drug-likeness (QED) is 0.335. The maximum absolute atomic E-state index is 15.0. The van der Waals surface area contributed by atoms with Gasteiger partial charge in [0.15, 0.2) is 0 Å². The molecule has 10 heteroatoms. The van der Waals surface area contributed by atoms with Crippen LogP contribution in [0.15, 0.2) is 42.5 Å². The molecule has 1 N–H and O–H groups in total. The summed E-state index contributed by atoms with van der Waals surface area (Å²) in [5.41, 5.74) is -4.45. The zero-order valence-corrected chi connectivity index (χ0v) is 25.1. The minimum atomic E-state index is -5.09. The molecule has 3 unspecified atom stereocenters. The number of carbonyl (C=O) groups is 2. The summed E-state index contributed by atoms with van der Waals surface area (Å²) in [6.07, 6.45) is -0.213. The highest BCUT2D eigenvalue weighted by atomic mass is 19.4. The second kappa shape index (κ2) is 10.7. The van der Waals surface area contributed by atoms with Gasteiger partial charge in [-0.1, -0.05) is 24.3 Å². The summed E-state index contributed by atoms with van der Waals surface area (Å²) in [6, 6.07) is 11.2. The van der Waals surface area contributed by atoms with Crippen molar-refractivity contribution in [2.45, 2.75) is 94.9 Å². The van der Waals surface area contributed by atoms with Gasteiger partial charge < -0.3 is 19.5 Å². The van der Waals surface area contributed by atoms with E-state index in [1.165, 1.54) is 12.1 Å². The Morgan fingerprint density at radius 2 is 1.61 bits per heavy atom. The molecule has 0 aromatic heterocycles. The fourth-order valence-corrected chi connectivity index (χ4v) is 8.34. The number of alkyl halides is 4. The molecule has 1 amide bonds. The normalized spacial score (nSPS) is 30.9. The Kier molecular flexibility index (Phi) is 7.44. The van der Waals surface area contributed by atoms with Crippen molar-refractivity contribution in [3.05, 3.63) is 59.2 Å². The Hall–Kier alpha value is -3.30. The van der Waals surface area contributed by atoms with Crippen LogP contribution in [0, 0.1) is 10.8 Å². The molecule has 4 fully saturated rings. The molecule has 0 spiro atoms. The average Bonchev–Trinajstić information content (AvgIpc) is 3.01. The van der Waals surface area contributed by atoms with Crippen LogP contribution in [0.4, 0.5) is 17.6 Å². The van der Waals surface area contributed by atoms with Crippen LogP contribution < -0.4 is 9.47 Å². The molecular formula is C34H39F4NO5. The second-order valence-corrected chi connectivity index (χ2v) is 13.4. The minimum absolute atomic E-state index is 0.0223. The first-order valence-corrected chi connectivity index (χ1v) is 15.6. The van der Waals surface area contributed by atoms with Crippen LogP contribution in [-0.4, -0.2) is 53.9 Å². The van der Waals surface area contributed by atoms with E-state index in [9.17, 15) is 27.9 Å². The van der Waals surface area contributed by atoms with Crippen molar-refractivity contribution in [3.8, 4) is 11.5 Å². The third kappa shape index (κ3) is 4.74. The van der Waals surface area contributed by atoms with Gasteiger partial charge in [-0.05, 0) is 95.4 Å². The number of carbonyl (C=O) groups excluding carboxylic acids is 1. The summed E-state index contributed by atoms with van der Waals surface area (Å²) in [7, 11) is 0. The number of carboxylic acids is 1. The molecule has 7 rings (SSSR count). The topological polar surface area (TPSA) is 76.1 Å². The van der Waals surface area contributed by atoms with Crippen molar-refractivity contribution < 1.29 is 41.7 Å². The summed E-state index contributed by atoms with van der Waals surface area (Å²) < 4.78 is 67.6. The molecule has 2 aromatic carbocycles. The standard InChI is InChI=1S/C34H39F4NO5/c1-3-43-24-8-5-22(6-9-24)20-33-11-4-18-39(28(40)31-12-15-32(16-13-31,17-14-31)29(41)42)27(33)21-44-26-19-23(7-10-25(26)33)30(2,35)34(36,37)38/h5-10,19,27H,3-4,11-18,20-21H2,1-2H3,(H,41,42). The molecule has 0 radical (unpaired) electrons. The molecule has 3 atom stereocenters. The van der Waals surface area contributed by atoms with Crippen LogP contribution in [-0.2, 0) is 27.1 Å². The molecule has 238 valence electrons. The first kappa shape index (κ1) is 30.7. The van der Waals surface area contributed by atoms with E-state index < -0.39 is 45.7 Å². The predicted molar refractivity (Wildman–Crippen MR) is 154 cm³/mol. The van der Waals surface area contributed by atoms with E-state index in [-0.39, 0.29) is 18.3 Å². The maximum atomic E-state index is 15.0. The minimum Gasteiger partial charge on any atom is -0.494 e. The predicted octanol–water partition coefficient (Wildman–Crippen LogP) is 7.12. The fraction of sp³-hybridized carbons (Fsp3) is 0.588. The number of hydrogen-bond acceptors (Lipinski definition) is 4. The summed E-state index contributed by atoms with van der Waals surface area (Å²) in [6.45, 7) is 3.54. The largest absolute Gasteiger partial charge is 0.494 e. The number of hydrogen-bond donors (Lipinski definition) is 1. The van der Waals surface area contributed by atoms with Gasteiger partial charge in [-0.2, -0.15) is 13.2 Å². The zero-order valence-electron chi connectivity index (χ0n) is 25.1. The van der Waals surface area contributed by atoms with E-state index in [4.69, 9.17) is 9.47 Å². The van der Waals surface area contributed by atoms with Gasteiger partial charge in [0, 0.05) is 28.5 Å². The van der Waals surface area contributed by atoms with Crippen molar-refractivity contribution in [2.24, 2.45) is 10.8 Å². The number of rotatable bonds is 7. The van der Waals surface area contributed by atoms with Gasteiger partial charge in [0.2, 0.25) is 11.6 Å². The van der Waals surface area contributed by atoms with Gasteiger partial charge in [0.1, 0.15) is 18.1 Å². The van der Waals surface area contributed by atoms with Crippen LogP contribution in [0.5, 0.6) is 11.5 Å². The lowest BCUT2D eigenvalue weighted by molar-refractivity contribution is -0.228. The highest BCUT2D eigenvalue weighted by Gasteiger charge is 2.60. The molecule has 2 aromatic rings. The van der Waals surface area contributed by atoms with Crippen molar-refractivity contribution in [2.75, 3.05) is 19.8 Å². The van der Waals surface area contributed by atoms with Crippen molar-refractivity contribution >= 4 is 11.9 Å². The van der Waals surface area contributed by atoms with E-state index >= 15 is 4.39 Å². The number of fused-ring (bicyclic) bond motifs is 6. The van der Waals surface area contributed by atoms with Crippen LogP contribution >= 0.6 is 0 Å². The number of amides is 1. The first-order chi connectivity index (χ1) is 20.8. The lowest BCUT2D eigenvalue weighted by Gasteiger charge is -2.57. The van der Waals surface area contributed by atoms with Gasteiger partial charge in [0.25, 0.3) is 0 Å². The smallest absolute Gasteiger partial charge is 0.426 e. The third-order valence-corrected chi connectivity index (χ3v) is 11.2. The van der Waals surface area contributed by atoms with E-state index in [1.807, 2.05) is 36.1 Å². The number of halogens is 4. The molecular weight excluding hydrogens is 578 g/mol. The Morgan fingerprint density at radius 1 is 0.977 bits per heavy atom. The Morgan fingerprint density at radius 3 is 2.20 bits per heavy atom. The molecule has 5 aliphatic rings. The van der Waals surface area contributed by atoms with Crippen molar-refractivity contribution in [1.82, 2.24) is 4.90 Å². The van der Waals surface area contributed by atoms with E-state index in [0.29, 0.717) is 83.4 Å². The molecule has 1 saturated heterocycles. The van der Waals surface area contributed by atoms with Gasteiger partial charge in [-0.15, -0.1) is 0 Å². The summed E-state index contributed by atoms with van der Waals surface area (Å²) in [5, 5.41) is 9.86. The number of carboxylic acid groups (broad SMARTS) is 1. The molecule has 44 heavy (non-hydrogen) atoms. The van der Waals surface area contributed by atoms with E-state index in [1.54, 1.807) is 6.07 Å². The van der Waals surface area contributed by atoms with Crippen LogP contribution in [0.2, 0.25) is 0 Å². The van der Waals surface area contributed by atoms with Gasteiger partial charge >= 0.3 is 12.1 Å².